The summed E-state index contributed by atoms with van der Waals surface area (Å²) >= 11 is 13.4. The molecule has 0 heterocycles. The molecule has 2 saturated carbocycles. The van der Waals surface area contributed by atoms with Crippen LogP contribution in [0, 0.1) is 17.8 Å². The van der Waals surface area contributed by atoms with Gasteiger partial charge in [-0.15, -0.1) is 0 Å². The predicted octanol–water partition coefficient (Wildman–Crippen LogP) is 5.06. The summed E-state index contributed by atoms with van der Waals surface area (Å²) in [5, 5.41) is 4.05. The van der Waals surface area contributed by atoms with Gasteiger partial charge in [0.15, 0.2) is 0 Å². The molecule has 35 heavy (non-hydrogen) atoms. The summed E-state index contributed by atoms with van der Waals surface area (Å²) in [5.74, 6) is -2.03. The number of benzene rings is 1. The molecule has 1 aromatic carbocycles. The van der Waals surface area contributed by atoms with Gasteiger partial charge in [-0.05, 0) is 78.3 Å². The number of esters is 2. The molecular formula is C25H35Cl2NO6S. The van der Waals surface area contributed by atoms with Crippen LogP contribution in [0.3, 0.4) is 0 Å². The Morgan fingerprint density at radius 2 is 1.69 bits per heavy atom. The first-order chi connectivity index (χ1) is 16.2. The summed E-state index contributed by atoms with van der Waals surface area (Å²) in [4.78, 5) is 26.9. The second kappa shape index (κ2) is 10.4. The van der Waals surface area contributed by atoms with Gasteiger partial charge < -0.3 is 23.7 Å². The Bertz CT molecular complexity index is 962. The lowest BCUT2D eigenvalue weighted by Crippen LogP contribution is -2.64. The number of carbonyl (C=O) groups excluding carboxylic acids is 2. The fraction of sp³-hybridized carbons (Fsp3) is 0.680. The van der Waals surface area contributed by atoms with Crippen LogP contribution >= 0.6 is 35.2 Å². The second-order valence-corrected chi connectivity index (χ2v) is 12.3. The number of hydrogen-bond acceptors (Lipinski definition) is 8. The predicted molar refractivity (Wildman–Crippen MR) is 137 cm³/mol. The molecule has 0 aromatic heterocycles. The van der Waals surface area contributed by atoms with Crippen molar-refractivity contribution in [3.63, 3.8) is 0 Å². The summed E-state index contributed by atoms with van der Waals surface area (Å²) in [6.07, 6.45) is 0.524. The number of likely N-dealkylation sites (N-methyl/N-ethyl adjacent to an activating group) is 1. The van der Waals surface area contributed by atoms with E-state index in [1.165, 1.54) is 12.0 Å². The monoisotopic (exact) mass is 547 g/mol. The SMILES string of the molecule is CNC1(C(=O)OC(C)(C)C)C(OCc2ccc(Cl)c(Cl)c2)C(OSC)C2C(C(=O)OC(C)(C)C)C21. The molecule has 0 bridgehead atoms. The van der Waals surface area contributed by atoms with Crippen LogP contribution in [-0.2, 0) is 34.6 Å². The molecule has 0 aliphatic heterocycles. The number of rotatable bonds is 8. The quantitative estimate of drug-likeness (QED) is 0.357. The lowest BCUT2D eigenvalue weighted by molar-refractivity contribution is -0.176. The van der Waals surface area contributed by atoms with Gasteiger partial charge >= 0.3 is 11.9 Å². The van der Waals surface area contributed by atoms with Crippen molar-refractivity contribution in [1.29, 1.82) is 0 Å². The van der Waals surface area contributed by atoms with Gasteiger partial charge in [-0.25, -0.2) is 4.79 Å². The van der Waals surface area contributed by atoms with E-state index in [4.69, 9.17) is 41.6 Å². The highest BCUT2D eigenvalue weighted by Crippen LogP contribution is 2.65. The first kappa shape index (κ1) is 28.5. The Hall–Kier alpha value is -1.03. The fourth-order valence-corrected chi connectivity index (χ4v) is 5.72. The molecular weight excluding hydrogens is 513 g/mol. The highest BCUT2D eigenvalue weighted by atomic mass is 35.5. The average molecular weight is 549 g/mol. The molecule has 2 aliphatic rings. The standard InChI is InChI=1S/C25H35Cl2NO6S/c1-23(2,3)32-21(29)17-16-18(17)25(28-7,22(30)33-24(4,5)6)20(19(16)34-35-8)31-12-13-9-10-14(26)15(27)11-13/h9-11,16-20,28H,12H2,1-8H3. The zero-order chi connectivity index (χ0) is 26.3. The molecule has 0 radical (unpaired) electrons. The Morgan fingerprint density at radius 3 is 2.20 bits per heavy atom. The molecule has 1 N–H and O–H groups in total. The van der Waals surface area contributed by atoms with Crippen LogP contribution < -0.4 is 5.32 Å². The maximum Gasteiger partial charge on any atom is 0.330 e. The summed E-state index contributed by atoms with van der Waals surface area (Å²) < 4.78 is 23.9. The zero-order valence-corrected chi connectivity index (χ0v) is 23.8. The topological polar surface area (TPSA) is 83.1 Å². The maximum absolute atomic E-state index is 13.8. The molecule has 7 nitrogen and oxygen atoms in total. The molecule has 2 fully saturated rings. The summed E-state index contributed by atoms with van der Waals surface area (Å²) in [6.45, 7) is 11.0. The lowest BCUT2D eigenvalue weighted by Gasteiger charge is -2.40. The van der Waals surface area contributed by atoms with Gasteiger partial charge in [0.05, 0.1) is 22.6 Å². The van der Waals surface area contributed by atoms with Gasteiger partial charge in [-0.2, -0.15) is 0 Å². The van der Waals surface area contributed by atoms with E-state index in [-0.39, 0.29) is 18.5 Å². The molecule has 3 rings (SSSR count). The van der Waals surface area contributed by atoms with Gasteiger partial charge in [-0.1, -0.05) is 29.3 Å². The number of carbonyl (C=O) groups is 2. The van der Waals surface area contributed by atoms with Crippen LogP contribution in [0.4, 0.5) is 0 Å². The Balaban J connectivity index is 1.98. The molecule has 6 unspecified atom stereocenters. The Labute approximate surface area is 222 Å². The third-order valence-corrected chi connectivity index (χ3v) is 7.33. The van der Waals surface area contributed by atoms with Crippen molar-refractivity contribution in [3.8, 4) is 0 Å². The third-order valence-electron chi connectivity index (χ3n) is 6.18. The molecule has 1 aromatic rings. The maximum atomic E-state index is 13.8. The van der Waals surface area contributed by atoms with E-state index < -0.39 is 46.8 Å². The van der Waals surface area contributed by atoms with Crippen LogP contribution in [-0.4, -0.2) is 54.2 Å². The van der Waals surface area contributed by atoms with E-state index in [1.807, 2.05) is 26.8 Å². The third kappa shape index (κ3) is 5.94. The van der Waals surface area contributed by atoms with Crippen molar-refractivity contribution in [1.82, 2.24) is 5.32 Å². The molecule has 6 atom stereocenters. The van der Waals surface area contributed by atoms with Crippen LogP contribution in [0.2, 0.25) is 10.0 Å². The zero-order valence-electron chi connectivity index (χ0n) is 21.4. The van der Waals surface area contributed by atoms with Crippen molar-refractivity contribution in [2.24, 2.45) is 17.8 Å². The van der Waals surface area contributed by atoms with Crippen LogP contribution in [0.25, 0.3) is 0 Å². The second-order valence-electron chi connectivity index (χ2n) is 11.0. The van der Waals surface area contributed by atoms with Crippen LogP contribution in [0.5, 0.6) is 0 Å². The van der Waals surface area contributed by atoms with Crippen molar-refractivity contribution < 1.29 is 28.0 Å². The summed E-state index contributed by atoms with van der Waals surface area (Å²) in [7, 11) is 1.68. The highest BCUT2D eigenvalue weighted by molar-refractivity contribution is 7.93. The minimum absolute atomic E-state index is 0.165. The number of halogens is 2. The first-order valence-corrected chi connectivity index (χ1v) is 13.5. The van der Waals surface area contributed by atoms with E-state index in [0.717, 1.165) is 5.56 Å². The van der Waals surface area contributed by atoms with E-state index in [0.29, 0.717) is 10.0 Å². The van der Waals surface area contributed by atoms with E-state index in [1.54, 1.807) is 46.2 Å². The molecule has 196 valence electrons. The number of hydrogen-bond donors (Lipinski definition) is 1. The van der Waals surface area contributed by atoms with E-state index >= 15 is 0 Å². The number of ether oxygens (including phenoxy) is 3. The molecule has 0 spiro atoms. The van der Waals surface area contributed by atoms with Gasteiger partial charge in [0.2, 0.25) is 0 Å². The van der Waals surface area contributed by atoms with Crippen molar-refractivity contribution in [3.05, 3.63) is 33.8 Å². The minimum atomic E-state index is -1.31. The molecule has 2 aliphatic carbocycles. The highest BCUT2D eigenvalue weighted by Gasteiger charge is 2.81. The van der Waals surface area contributed by atoms with Crippen molar-refractivity contribution in [2.75, 3.05) is 13.3 Å². The van der Waals surface area contributed by atoms with Gasteiger partial charge in [0, 0.05) is 18.1 Å². The average Bonchev–Trinajstić information content (AvgIpc) is 3.39. The van der Waals surface area contributed by atoms with Crippen LogP contribution in [0.15, 0.2) is 18.2 Å². The first-order valence-electron chi connectivity index (χ1n) is 11.6. The van der Waals surface area contributed by atoms with Gasteiger partial charge in [-0.3, -0.25) is 4.79 Å². The molecule has 0 amide bonds. The number of fused-ring (bicyclic) bond motifs is 1. The summed E-state index contributed by atoms with van der Waals surface area (Å²) in [5.41, 5.74) is -1.90. The number of nitrogens with one attached hydrogen (secondary N) is 1. The molecule has 0 saturated heterocycles. The fourth-order valence-electron chi connectivity index (χ4n) is 4.95. The van der Waals surface area contributed by atoms with Crippen LogP contribution in [0.1, 0.15) is 47.1 Å². The Kier molecular flexibility index (Phi) is 8.47. The minimum Gasteiger partial charge on any atom is -0.460 e. The normalized spacial score (nSPS) is 30.1. The van der Waals surface area contributed by atoms with Gasteiger partial charge in [0.25, 0.3) is 0 Å². The largest absolute Gasteiger partial charge is 0.460 e. The summed E-state index contributed by atoms with van der Waals surface area (Å²) in [6, 6.07) is 5.23. The van der Waals surface area contributed by atoms with Gasteiger partial charge in [0.1, 0.15) is 28.9 Å². The lowest BCUT2D eigenvalue weighted by atomic mass is 9.86. The van der Waals surface area contributed by atoms with Crippen molar-refractivity contribution in [2.45, 2.75) is 77.1 Å². The van der Waals surface area contributed by atoms with E-state index in [2.05, 4.69) is 5.32 Å². The molecule has 10 heteroatoms. The smallest absolute Gasteiger partial charge is 0.330 e. The van der Waals surface area contributed by atoms with E-state index in [9.17, 15) is 9.59 Å². The van der Waals surface area contributed by atoms with Crippen molar-refractivity contribution >= 4 is 47.2 Å². The Morgan fingerprint density at radius 1 is 1.06 bits per heavy atom.